The SMILES string of the molecule is CC(C)[C@H](O)CC[C@@H](C)[C@H]1CC[C@H]2C3=CC=C4C[C@@H](O)CC[C@@]4(C)[C@@H]3CC[C@]12C. The van der Waals surface area contributed by atoms with Gasteiger partial charge in [-0.3, -0.25) is 0 Å². The molecule has 3 saturated carbocycles. The van der Waals surface area contributed by atoms with E-state index in [2.05, 4.69) is 46.8 Å². The Kier molecular flexibility index (Phi) is 5.84. The summed E-state index contributed by atoms with van der Waals surface area (Å²) >= 11 is 0. The van der Waals surface area contributed by atoms with Gasteiger partial charge in [0.25, 0.3) is 0 Å². The predicted octanol–water partition coefficient (Wildman–Crippen LogP) is 6.28. The highest BCUT2D eigenvalue weighted by atomic mass is 16.3. The second-order valence-corrected chi connectivity index (χ2v) is 11.9. The molecular weight excluding hydrogens is 356 g/mol. The topological polar surface area (TPSA) is 40.5 Å². The Morgan fingerprint density at radius 1 is 0.966 bits per heavy atom. The van der Waals surface area contributed by atoms with E-state index in [1.807, 2.05) is 0 Å². The normalized spacial score (nSPS) is 43.7. The van der Waals surface area contributed by atoms with Crippen molar-refractivity contribution >= 4 is 0 Å². The van der Waals surface area contributed by atoms with Gasteiger partial charge in [0, 0.05) is 0 Å². The molecule has 4 aliphatic carbocycles. The molecule has 3 fully saturated rings. The van der Waals surface area contributed by atoms with Gasteiger partial charge in [0.05, 0.1) is 12.2 Å². The van der Waals surface area contributed by atoms with Crippen LogP contribution >= 0.6 is 0 Å². The summed E-state index contributed by atoms with van der Waals surface area (Å²) in [5.41, 5.74) is 3.98. The van der Waals surface area contributed by atoms with Crippen molar-refractivity contribution in [1.29, 1.82) is 0 Å². The Morgan fingerprint density at radius 3 is 2.45 bits per heavy atom. The fraction of sp³-hybridized carbons (Fsp3) is 0.852. The van der Waals surface area contributed by atoms with Gasteiger partial charge in [0.2, 0.25) is 0 Å². The van der Waals surface area contributed by atoms with Crippen molar-refractivity contribution in [3.63, 3.8) is 0 Å². The quantitative estimate of drug-likeness (QED) is 0.570. The van der Waals surface area contributed by atoms with Crippen LogP contribution in [0.1, 0.15) is 92.4 Å². The van der Waals surface area contributed by atoms with Crippen LogP contribution in [0.3, 0.4) is 0 Å². The Labute approximate surface area is 178 Å². The summed E-state index contributed by atoms with van der Waals surface area (Å²) in [6, 6.07) is 0. The Morgan fingerprint density at radius 2 is 1.72 bits per heavy atom. The number of aliphatic hydroxyl groups excluding tert-OH is 2. The van der Waals surface area contributed by atoms with Crippen LogP contribution in [0.25, 0.3) is 0 Å². The van der Waals surface area contributed by atoms with Crippen molar-refractivity contribution in [2.24, 2.45) is 40.4 Å². The van der Waals surface area contributed by atoms with Crippen molar-refractivity contribution in [2.75, 3.05) is 0 Å². The maximum atomic E-state index is 10.3. The van der Waals surface area contributed by atoms with E-state index in [1.165, 1.54) is 31.3 Å². The van der Waals surface area contributed by atoms with Crippen LogP contribution in [0, 0.1) is 40.4 Å². The lowest BCUT2D eigenvalue weighted by atomic mass is 9.50. The van der Waals surface area contributed by atoms with E-state index < -0.39 is 0 Å². The van der Waals surface area contributed by atoms with Crippen LogP contribution in [0.4, 0.5) is 0 Å². The molecule has 0 heterocycles. The molecule has 8 atom stereocenters. The summed E-state index contributed by atoms with van der Waals surface area (Å²) in [5, 5.41) is 20.5. The monoisotopic (exact) mass is 400 g/mol. The second kappa shape index (κ2) is 7.83. The molecular formula is C27H44O2. The maximum absolute atomic E-state index is 10.3. The summed E-state index contributed by atoms with van der Waals surface area (Å²) in [5.74, 6) is 3.30. The van der Waals surface area contributed by atoms with Gasteiger partial charge in [-0.25, -0.2) is 0 Å². The smallest absolute Gasteiger partial charge is 0.0578 e. The van der Waals surface area contributed by atoms with Crippen LogP contribution in [-0.4, -0.2) is 22.4 Å². The number of fused-ring (bicyclic) bond motifs is 5. The van der Waals surface area contributed by atoms with Gasteiger partial charge in [-0.2, -0.15) is 0 Å². The highest BCUT2D eigenvalue weighted by Gasteiger charge is 2.56. The third-order valence-corrected chi connectivity index (χ3v) is 9.99. The second-order valence-electron chi connectivity index (χ2n) is 11.9. The standard InChI is InChI=1S/C27H44O2/c1-17(2)25(29)11-6-18(3)22-9-10-23-21-8-7-19-16-20(28)12-14-26(19,4)24(21)13-15-27(22,23)5/h7-8,17-18,20,22-25,28-29H,6,9-16H2,1-5H3/t18-,20+,22-,23+,24-,25-,26-,27-/m1/s1. The number of allylic oxidation sites excluding steroid dienone is 3. The zero-order chi connectivity index (χ0) is 21.0. The molecule has 164 valence electrons. The molecule has 0 unspecified atom stereocenters. The largest absolute Gasteiger partial charge is 0.393 e. The van der Waals surface area contributed by atoms with Crippen molar-refractivity contribution in [2.45, 2.75) is 105 Å². The predicted molar refractivity (Wildman–Crippen MR) is 120 cm³/mol. The zero-order valence-electron chi connectivity index (χ0n) is 19.5. The molecule has 0 aromatic heterocycles. The van der Waals surface area contributed by atoms with Crippen LogP contribution in [0.5, 0.6) is 0 Å². The number of rotatable bonds is 5. The number of aliphatic hydroxyl groups is 2. The fourth-order valence-electron chi connectivity index (χ4n) is 7.93. The first-order valence-electron chi connectivity index (χ1n) is 12.4. The summed E-state index contributed by atoms with van der Waals surface area (Å²) in [6.07, 6.45) is 15.1. The first-order valence-corrected chi connectivity index (χ1v) is 12.4. The third-order valence-electron chi connectivity index (χ3n) is 9.99. The Balaban J connectivity index is 1.52. The molecule has 0 spiro atoms. The molecule has 4 rings (SSSR count). The molecule has 0 amide bonds. The van der Waals surface area contributed by atoms with Gasteiger partial charge in [-0.05, 0) is 98.2 Å². The molecule has 0 bridgehead atoms. The van der Waals surface area contributed by atoms with E-state index in [0.29, 0.717) is 23.2 Å². The van der Waals surface area contributed by atoms with Gasteiger partial charge >= 0.3 is 0 Å². The molecule has 2 heteroatoms. The van der Waals surface area contributed by atoms with Gasteiger partial charge in [-0.15, -0.1) is 0 Å². The lowest BCUT2D eigenvalue weighted by molar-refractivity contribution is 0.0288. The van der Waals surface area contributed by atoms with Crippen molar-refractivity contribution in [1.82, 2.24) is 0 Å². The van der Waals surface area contributed by atoms with Crippen molar-refractivity contribution < 1.29 is 10.2 Å². The lowest BCUT2D eigenvalue weighted by Gasteiger charge is -2.55. The van der Waals surface area contributed by atoms with Crippen LogP contribution < -0.4 is 0 Å². The molecule has 0 aromatic carbocycles. The van der Waals surface area contributed by atoms with E-state index in [-0.39, 0.29) is 17.6 Å². The minimum Gasteiger partial charge on any atom is -0.393 e. The summed E-state index contributed by atoms with van der Waals surface area (Å²) in [6.45, 7) is 11.8. The van der Waals surface area contributed by atoms with E-state index in [4.69, 9.17) is 0 Å². The fourth-order valence-corrected chi connectivity index (χ4v) is 7.93. The van der Waals surface area contributed by atoms with Gasteiger partial charge in [0.15, 0.2) is 0 Å². The van der Waals surface area contributed by atoms with E-state index in [0.717, 1.165) is 43.9 Å². The van der Waals surface area contributed by atoms with Gasteiger partial charge < -0.3 is 10.2 Å². The summed E-state index contributed by atoms with van der Waals surface area (Å²) in [4.78, 5) is 0. The van der Waals surface area contributed by atoms with Gasteiger partial charge in [-0.1, -0.05) is 57.9 Å². The molecule has 0 radical (unpaired) electrons. The minimum absolute atomic E-state index is 0.129. The average molecular weight is 401 g/mol. The molecule has 0 aliphatic heterocycles. The Bertz CT molecular complexity index is 676. The van der Waals surface area contributed by atoms with E-state index >= 15 is 0 Å². The zero-order valence-corrected chi connectivity index (χ0v) is 19.5. The van der Waals surface area contributed by atoms with Crippen molar-refractivity contribution in [3.8, 4) is 0 Å². The first kappa shape index (κ1) is 21.6. The molecule has 2 N–H and O–H groups in total. The molecule has 0 saturated heterocycles. The van der Waals surface area contributed by atoms with E-state index in [9.17, 15) is 10.2 Å². The van der Waals surface area contributed by atoms with E-state index in [1.54, 1.807) is 5.57 Å². The van der Waals surface area contributed by atoms with Gasteiger partial charge in [0.1, 0.15) is 0 Å². The highest BCUT2D eigenvalue weighted by Crippen LogP contribution is 2.66. The average Bonchev–Trinajstić information content (AvgIpc) is 3.03. The van der Waals surface area contributed by atoms with Crippen molar-refractivity contribution in [3.05, 3.63) is 23.3 Å². The highest BCUT2D eigenvalue weighted by molar-refractivity contribution is 5.38. The van der Waals surface area contributed by atoms with Crippen LogP contribution in [-0.2, 0) is 0 Å². The number of hydrogen-bond donors (Lipinski definition) is 2. The maximum Gasteiger partial charge on any atom is 0.0578 e. The number of hydrogen-bond acceptors (Lipinski definition) is 2. The van der Waals surface area contributed by atoms with Crippen LogP contribution in [0.15, 0.2) is 23.3 Å². The summed E-state index contributed by atoms with van der Waals surface area (Å²) in [7, 11) is 0. The molecule has 4 aliphatic rings. The lowest BCUT2D eigenvalue weighted by Crippen LogP contribution is -2.46. The first-order chi connectivity index (χ1) is 13.7. The molecule has 0 aromatic rings. The minimum atomic E-state index is -0.149. The molecule has 29 heavy (non-hydrogen) atoms. The Hall–Kier alpha value is -0.600. The summed E-state index contributed by atoms with van der Waals surface area (Å²) < 4.78 is 0. The third kappa shape index (κ3) is 3.57. The van der Waals surface area contributed by atoms with Crippen LogP contribution in [0.2, 0.25) is 0 Å². The molecule has 2 nitrogen and oxygen atoms in total.